The van der Waals surface area contributed by atoms with Crippen LogP contribution in [0.5, 0.6) is 0 Å². The van der Waals surface area contributed by atoms with E-state index in [1.165, 1.54) is 193 Å². The molecule has 0 aliphatic rings. The van der Waals surface area contributed by atoms with Crippen molar-refractivity contribution in [2.24, 2.45) is 0 Å². The third-order valence-electron chi connectivity index (χ3n) is 12.7. The van der Waals surface area contributed by atoms with Crippen LogP contribution in [-0.2, 0) is 14.3 Å². The number of unbranched alkanes of at least 4 members (excludes halogenated alkanes) is 38. The molecule has 0 aliphatic heterocycles. The second-order valence-electron chi connectivity index (χ2n) is 18.9. The first-order chi connectivity index (χ1) is 30.5. The highest BCUT2D eigenvalue weighted by atomic mass is 16.5. The van der Waals surface area contributed by atoms with Crippen LogP contribution in [0.4, 0.5) is 0 Å². The quantitative estimate of drug-likeness (QED) is 0.0321. The zero-order valence-corrected chi connectivity index (χ0v) is 41.6. The molecule has 0 heterocycles. The van der Waals surface area contributed by atoms with Gasteiger partial charge < -0.3 is 20.3 Å². The van der Waals surface area contributed by atoms with Crippen molar-refractivity contribution in [3.05, 3.63) is 24.3 Å². The van der Waals surface area contributed by atoms with Crippen molar-refractivity contribution in [3.63, 3.8) is 0 Å². The van der Waals surface area contributed by atoms with Gasteiger partial charge in [0, 0.05) is 12.8 Å². The van der Waals surface area contributed by atoms with E-state index in [-0.39, 0.29) is 18.5 Å². The highest BCUT2D eigenvalue weighted by molar-refractivity contribution is 5.76. The molecular formula is C56H107NO5. The fourth-order valence-corrected chi connectivity index (χ4v) is 8.45. The van der Waals surface area contributed by atoms with Crippen LogP contribution in [0, 0.1) is 0 Å². The molecular weight excluding hydrogens is 767 g/mol. The predicted molar refractivity (Wildman–Crippen MR) is 269 cm³/mol. The number of hydrogen-bond acceptors (Lipinski definition) is 5. The van der Waals surface area contributed by atoms with Gasteiger partial charge in [0.05, 0.1) is 25.4 Å². The van der Waals surface area contributed by atoms with Crippen LogP contribution < -0.4 is 5.32 Å². The van der Waals surface area contributed by atoms with Crippen molar-refractivity contribution in [2.75, 3.05) is 13.2 Å². The van der Waals surface area contributed by atoms with Crippen LogP contribution in [-0.4, -0.2) is 47.4 Å². The number of hydrogen-bond donors (Lipinski definition) is 3. The van der Waals surface area contributed by atoms with Crippen LogP contribution in [0.2, 0.25) is 0 Å². The molecule has 0 aromatic carbocycles. The summed E-state index contributed by atoms with van der Waals surface area (Å²) in [6.45, 7) is 4.86. The first-order valence-corrected chi connectivity index (χ1v) is 27.6. The van der Waals surface area contributed by atoms with Crippen LogP contribution in [0.3, 0.4) is 0 Å². The molecule has 2 unspecified atom stereocenters. The molecule has 6 heteroatoms. The lowest BCUT2D eigenvalue weighted by atomic mass is 10.0. The van der Waals surface area contributed by atoms with Gasteiger partial charge in [0.15, 0.2) is 0 Å². The summed E-state index contributed by atoms with van der Waals surface area (Å²) in [5.41, 5.74) is 0. The SMILES string of the molecule is CCCCCCCCCCCCCCCCC/C=C/C(O)C(CO)NC(=O)CCCCCCC/C=C\CCCCCOC(=O)CCCCCCCCCCCCCCCCCC. The van der Waals surface area contributed by atoms with Gasteiger partial charge in [0.1, 0.15) is 0 Å². The highest BCUT2D eigenvalue weighted by Gasteiger charge is 2.18. The maximum absolute atomic E-state index is 12.4. The van der Waals surface area contributed by atoms with Gasteiger partial charge >= 0.3 is 5.97 Å². The largest absolute Gasteiger partial charge is 0.466 e. The molecule has 0 bridgehead atoms. The Morgan fingerprint density at radius 3 is 1.15 bits per heavy atom. The molecule has 1 amide bonds. The number of rotatable bonds is 51. The Kier molecular flexibility index (Phi) is 50.6. The molecule has 2 atom stereocenters. The van der Waals surface area contributed by atoms with E-state index in [0.717, 1.165) is 77.0 Å². The van der Waals surface area contributed by atoms with E-state index in [1.807, 2.05) is 6.08 Å². The van der Waals surface area contributed by atoms with Gasteiger partial charge in [-0.05, 0) is 64.2 Å². The summed E-state index contributed by atoms with van der Waals surface area (Å²) in [5.74, 6) is -0.113. The smallest absolute Gasteiger partial charge is 0.305 e. The summed E-state index contributed by atoms with van der Waals surface area (Å²) in [6.07, 6.45) is 61.9. The number of amides is 1. The summed E-state index contributed by atoms with van der Waals surface area (Å²) < 4.78 is 5.46. The van der Waals surface area contributed by atoms with Crippen molar-refractivity contribution in [1.29, 1.82) is 0 Å². The van der Waals surface area contributed by atoms with Gasteiger partial charge in [-0.15, -0.1) is 0 Å². The minimum Gasteiger partial charge on any atom is -0.466 e. The Balaban J connectivity index is 3.52. The lowest BCUT2D eigenvalue weighted by Crippen LogP contribution is -2.45. The lowest BCUT2D eigenvalue weighted by Gasteiger charge is -2.20. The number of carbonyl (C=O) groups is 2. The zero-order chi connectivity index (χ0) is 45.1. The van der Waals surface area contributed by atoms with E-state index < -0.39 is 12.1 Å². The second-order valence-corrected chi connectivity index (χ2v) is 18.9. The van der Waals surface area contributed by atoms with Crippen LogP contribution in [0.1, 0.15) is 296 Å². The number of ether oxygens (including phenoxy) is 1. The zero-order valence-electron chi connectivity index (χ0n) is 41.6. The average molecular weight is 874 g/mol. The minimum absolute atomic E-state index is 0.0208. The normalized spacial score (nSPS) is 12.8. The van der Waals surface area contributed by atoms with Gasteiger partial charge in [0.2, 0.25) is 5.91 Å². The Morgan fingerprint density at radius 2 is 0.758 bits per heavy atom. The van der Waals surface area contributed by atoms with E-state index in [9.17, 15) is 19.8 Å². The number of carbonyl (C=O) groups excluding carboxylic acids is 2. The van der Waals surface area contributed by atoms with Gasteiger partial charge in [-0.2, -0.15) is 0 Å². The van der Waals surface area contributed by atoms with Crippen molar-refractivity contribution in [1.82, 2.24) is 5.32 Å². The fourth-order valence-electron chi connectivity index (χ4n) is 8.45. The van der Waals surface area contributed by atoms with E-state index in [0.29, 0.717) is 19.4 Å². The summed E-state index contributed by atoms with van der Waals surface area (Å²) in [7, 11) is 0. The molecule has 62 heavy (non-hydrogen) atoms. The van der Waals surface area contributed by atoms with Gasteiger partial charge in [-0.25, -0.2) is 0 Å². The van der Waals surface area contributed by atoms with Crippen molar-refractivity contribution < 1.29 is 24.5 Å². The summed E-state index contributed by atoms with van der Waals surface area (Å²) in [6, 6.07) is -0.646. The first-order valence-electron chi connectivity index (χ1n) is 27.6. The molecule has 0 rings (SSSR count). The number of allylic oxidation sites excluding steroid dienone is 3. The number of aliphatic hydroxyl groups is 2. The fraction of sp³-hybridized carbons (Fsp3) is 0.893. The van der Waals surface area contributed by atoms with Crippen molar-refractivity contribution in [3.8, 4) is 0 Å². The first kappa shape index (κ1) is 60.3. The molecule has 0 aliphatic carbocycles. The molecule has 366 valence electrons. The Hall–Kier alpha value is -1.66. The predicted octanol–water partition coefficient (Wildman–Crippen LogP) is 16.7. The molecule has 3 N–H and O–H groups in total. The molecule has 6 nitrogen and oxygen atoms in total. The monoisotopic (exact) mass is 874 g/mol. The number of aliphatic hydroxyl groups excluding tert-OH is 2. The Bertz CT molecular complexity index is 966. The van der Waals surface area contributed by atoms with E-state index in [2.05, 4.69) is 31.3 Å². The summed E-state index contributed by atoms with van der Waals surface area (Å²) in [5, 5.41) is 23.1. The molecule has 0 saturated carbocycles. The number of esters is 1. The average Bonchev–Trinajstić information content (AvgIpc) is 3.27. The lowest BCUT2D eigenvalue weighted by molar-refractivity contribution is -0.143. The third kappa shape index (κ3) is 47.8. The minimum atomic E-state index is -0.860. The van der Waals surface area contributed by atoms with Crippen LogP contribution >= 0.6 is 0 Å². The van der Waals surface area contributed by atoms with Gasteiger partial charge in [0.25, 0.3) is 0 Å². The van der Waals surface area contributed by atoms with Crippen LogP contribution in [0.25, 0.3) is 0 Å². The highest BCUT2D eigenvalue weighted by Crippen LogP contribution is 2.16. The molecule has 0 fully saturated rings. The Labute approximate surface area is 386 Å². The van der Waals surface area contributed by atoms with Gasteiger partial charge in [-0.3, -0.25) is 9.59 Å². The summed E-state index contributed by atoms with van der Waals surface area (Å²) in [4.78, 5) is 24.5. The van der Waals surface area contributed by atoms with E-state index in [1.54, 1.807) is 6.08 Å². The third-order valence-corrected chi connectivity index (χ3v) is 12.7. The van der Waals surface area contributed by atoms with E-state index in [4.69, 9.17) is 4.74 Å². The van der Waals surface area contributed by atoms with Crippen molar-refractivity contribution >= 4 is 11.9 Å². The molecule has 0 spiro atoms. The van der Waals surface area contributed by atoms with Crippen LogP contribution in [0.15, 0.2) is 24.3 Å². The summed E-state index contributed by atoms with van der Waals surface area (Å²) >= 11 is 0. The Morgan fingerprint density at radius 1 is 0.435 bits per heavy atom. The molecule has 0 aromatic rings. The topological polar surface area (TPSA) is 95.9 Å². The number of nitrogens with one attached hydrogen (secondary N) is 1. The maximum atomic E-state index is 12.4. The second kappa shape index (κ2) is 52.0. The molecule has 0 aromatic heterocycles. The van der Waals surface area contributed by atoms with Gasteiger partial charge in [-0.1, -0.05) is 244 Å². The maximum Gasteiger partial charge on any atom is 0.305 e. The van der Waals surface area contributed by atoms with Crippen molar-refractivity contribution in [2.45, 2.75) is 309 Å². The molecule has 0 saturated heterocycles. The van der Waals surface area contributed by atoms with E-state index >= 15 is 0 Å². The standard InChI is InChI=1S/C56H107NO5/c1-3-5-7-9-11-13-15-17-19-21-22-24-28-32-36-40-44-48-54(59)53(52-58)57-55(60)49-45-41-37-33-29-26-27-31-35-39-43-47-51-62-56(61)50-46-42-38-34-30-25-23-20-18-16-14-12-10-8-6-4-2/h27,31,44,48,53-54,58-59H,3-26,28-30,32-43,45-47,49-52H2,1-2H3,(H,57,60)/b31-27-,48-44+. The molecule has 0 radical (unpaired) electrons.